The number of aromatic nitrogens is 1. The molecular formula is C25H27N3O2S. The molecule has 1 aromatic carbocycles. The molecule has 1 saturated heterocycles. The number of benzene rings is 1. The highest BCUT2D eigenvalue weighted by atomic mass is 32.1. The monoisotopic (exact) mass is 433 g/mol. The van der Waals surface area contributed by atoms with E-state index >= 15 is 0 Å². The number of fused-ring (bicyclic) bond motifs is 1. The number of nitrogens with zero attached hydrogens (tertiary/aromatic N) is 3. The van der Waals surface area contributed by atoms with Crippen LogP contribution in [0.3, 0.4) is 0 Å². The van der Waals surface area contributed by atoms with Crippen LogP contribution in [0.4, 0.5) is 0 Å². The van der Waals surface area contributed by atoms with E-state index in [1.54, 1.807) is 17.6 Å². The zero-order valence-electron chi connectivity index (χ0n) is 17.7. The number of furan rings is 1. The van der Waals surface area contributed by atoms with E-state index in [0.717, 1.165) is 47.6 Å². The maximum Gasteiger partial charge on any atom is 0.271 e. The van der Waals surface area contributed by atoms with Crippen LogP contribution in [-0.4, -0.2) is 46.5 Å². The van der Waals surface area contributed by atoms with Gasteiger partial charge in [0.25, 0.3) is 5.91 Å². The lowest BCUT2D eigenvalue weighted by Crippen LogP contribution is -2.46. The Morgan fingerprint density at radius 2 is 1.94 bits per heavy atom. The van der Waals surface area contributed by atoms with Crippen molar-refractivity contribution in [3.8, 4) is 0 Å². The Morgan fingerprint density at radius 1 is 1.13 bits per heavy atom. The van der Waals surface area contributed by atoms with Crippen LogP contribution in [0.25, 0.3) is 10.2 Å². The summed E-state index contributed by atoms with van der Waals surface area (Å²) >= 11 is 1.69. The summed E-state index contributed by atoms with van der Waals surface area (Å²) in [6.45, 7) is 3.20. The van der Waals surface area contributed by atoms with Crippen LogP contribution in [0.1, 0.15) is 34.7 Å². The van der Waals surface area contributed by atoms with Crippen molar-refractivity contribution in [3.63, 3.8) is 0 Å². The number of carbonyl (C=O) groups excluding carboxylic acids is 1. The maximum atomic E-state index is 14.0. The molecule has 1 amide bonds. The van der Waals surface area contributed by atoms with E-state index in [4.69, 9.17) is 4.42 Å². The van der Waals surface area contributed by atoms with E-state index in [9.17, 15) is 4.79 Å². The van der Waals surface area contributed by atoms with Crippen LogP contribution in [-0.2, 0) is 13.1 Å². The molecule has 3 aromatic heterocycles. The van der Waals surface area contributed by atoms with Crippen molar-refractivity contribution < 1.29 is 9.21 Å². The molecule has 0 bridgehead atoms. The van der Waals surface area contributed by atoms with Crippen molar-refractivity contribution >= 4 is 27.5 Å². The first-order valence-corrected chi connectivity index (χ1v) is 11.7. The molecule has 31 heavy (non-hydrogen) atoms. The molecule has 160 valence electrons. The van der Waals surface area contributed by atoms with Crippen molar-refractivity contribution in [2.45, 2.75) is 32.0 Å². The van der Waals surface area contributed by atoms with Crippen LogP contribution >= 0.6 is 11.3 Å². The molecule has 0 unspecified atom stereocenters. The second kappa shape index (κ2) is 8.73. The Labute approximate surface area is 186 Å². The van der Waals surface area contributed by atoms with Gasteiger partial charge in [-0.3, -0.25) is 4.79 Å². The first-order valence-electron chi connectivity index (χ1n) is 10.8. The molecule has 4 heterocycles. The second-order valence-corrected chi connectivity index (χ2v) is 9.27. The van der Waals surface area contributed by atoms with Crippen LogP contribution < -0.4 is 0 Å². The molecule has 4 aromatic rings. The first-order chi connectivity index (χ1) is 15.2. The third-order valence-corrected chi connectivity index (χ3v) is 7.07. The summed E-state index contributed by atoms with van der Waals surface area (Å²) in [5.74, 6) is 0.917. The summed E-state index contributed by atoms with van der Waals surface area (Å²) in [7, 11) is 2.15. The molecule has 0 N–H and O–H groups in total. The van der Waals surface area contributed by atoms with Crippen molar-refractivity contribution in [2.24, 2.45) is 0 Å². The molecule has 1 aliphatic rings. The fraction of sp³-hybridized carbons (Fsp3) is 0.320. The molecule has 1 fully saturated rings. The number of amides is 1. The third kappa shape index (κ3) is 4.18. The largest absolute Gasteiger partial charge is 0.467 e. The number of hydrogen-bond donors (Lipinski definition) is 0. The summed E-state index contributed by atoms with van der Waals surface area (Å²) in [5.41, 5.74) is 3.08. The molecule has 5 nitrogen and oxygen atoms in total. The minimum Gasteiger partial charge on any atom is -0.467 e. The van der Waals surface area contributed by atoms with Gasteiger partial charge in [0.15, 0.2) is 0 Å². The fourth-order valence-corrected chi connectivity index (χ4v) is 5.30. The van der Waals surface area contributed by atoms with Crippen molar-refractivity contribution in [3.05, 3.63) is 83.3 Å². The van der Waals surface area contributed by atoms with Crippen molar-refractivity contribution in [2.75, 3.05) is 20.1 Å². The quantitative estimate of drug-likeness (QED) is 0.426. The number of carbonyl (C=O) groups is 1. The molecule has 0 spiro atoms. The van der Waals surface area contributed by atoms with Gasteiger partial charge in [-0.05, 0) is 68.2 Å². The van der Waals surface area contributed by atoms with Gasteiger partial charge in [0.05, 0.1) is 23.0 Å². The molecular weight excluding hydrogens is 406 g/mol. The van der Waals surface area contributed by atoms with Crippen LogP contribution in [0.5, 0.6) is 0 Å². The summed E-state index contributed by atoms with van der Waals surface area (Å²) in [4.78, 5) is 18.4. The Morgan fingerprint density at radius 3 is 2.68 bits per heavy atom. The van der Waals surface area contributed by atoms with Gasteiger partial charge in [-0.25, -0.2) is 0 Å². The van der Waals surface area contributed by atoms with Gasteiger partial charge in [-0.2, -0.15) is 0 Å². The average molecular weight is 434 g/mol. The van der Waals surface area contributed by atoms with E-state index in [-0.39, 0.29) is 11.9 Å². The van der Waals surface area contributed by atoms with Crippen molar-refractivity contribution in [1.82, 2.24) is 14.4 Å². The number of hydrogen-bond acceptors (Lipinski definition) is 4. The fourth-order valence-electron chi connectivity index (χ4n) is 4.48. The van der Waals surface area contributed by atoms with Gasteiger partial charge < -0.3 is 18.8 Å². The van der Waals surface area contributed by atoms with Crippen LogP contribution in [0.15, 0.2) is 70.7 Å². The average Bonchev–Trinajstić information content (AvgIpc) is 3.52. The van der Waals surface area contributed by atoms with E-state index in [1.165, 1.54) is 5.56 Å². The first kappa shape index (κ1) is 20.1. The Hall–Kier alpha value is -2.83. The molecule has 0 atom stereocenters. The number of likely N-dealkylation sites (tertiary alicyclic amines) is 1. The van der Waals surface area contributed by atoms with Crippen LogP contribution in [0.2, 0.25) is 0 Å². The topological polar surface area (TPSA) is 41.6 Å². The van der Waals surface area contributed by atoms with E-state index in [1.807, 2.05) is 35.2 Å². The molecule has 5 rings (SSSR count). The van der Waals surface area contributed by atoms with E-state index in [2.05, 4.69) is 46.2 Å². The zero-order valence-corrected chi connectivity index (χ0v) is 18.6. The maximum absolute atomic E-state index is 14.0. The lowest BCUT2D eigenvalue weighted by Gasteiger charge is -2.37. The normalized spacial score (nSPS) is 15.5. The third-order valence-electron chi connectivity index (χ3n) is 6.22. The molecule has 0 saturated carbocycles. The van der Waals surface area contributed by atoms with Gasteiger partial charge in [-0.15, -0.1) is 11.3 Å². The Balaban J connectivity index is 1.51. The lowest BCUT2D eigenvalue weighted by molar-refractivity contribution is 0.0541. The number of thiophene rings is 1. The SMILES string of the molecule is CN1CCC(N(Cc2ccco2)C(=O)c2cc3sccc3n2Cc2ccccc2)CC1. The highest BCUT2D eigenvalue weighted by molar-refractivity contribution is 7.17. The number of piperidine rings is 1. The van der Waals surface area contributed by atoms with E-state index < -0.39 is 0 Å². The van der Waals surface area contributed by atoms with Crippen LogP contribution in [0, 0.1) is 0 Å². The minimum atomic E-state index is 0.0882. The Bertz CT molecular complexity index is 1140. The predicted octanol–water partition coefficient (Wildman–Crippen LogP) is 5.08. The Kier molecular flexibility index (Phi) is 5.66. The smallest absolute Gasteiger partial charge is 0.271 e. The van der Waals surface area contributed by atoms with E-state index in [0.29, 0.717) is 13.1 Å². The van der Waals surface area contributed by atoms with Gasteiger partial charge in [0.2, 0.25) is 0 Å². The van der Waals surface area contributed by atoms with Gasteiger partial charge in [0, 0.05) is 12.6 Å². The second-order valence-electron chi connectivity index (χ2n) is 8.32. The summed E-state index contributed by atoms with van der Waals surface area (Å²) in [5, 5.41) is 2.10. The highest BCUT2D eigenvalue weighted by Gasteiger charge is 2.30. The number of rotatable bonds is 6. The summed E-state index contributed by atoms with van der Waals surface area (Å²) in [6, 6.07) is 18.6. The minimum absolute atomic E-state index is 0.0882. The molecule has 1 aliphatic heterocycles. The van der Waals surface area contributed by atoms with Gasteiger partial charge >= 0.3 is 0 Å². The van der Waals surface area contributed by atoms with Crippen molar-refractivity contribution in [1.29, 1.82) is 0 Å². The zero-order chi connectivity index (χ0) is 21.2. The lowest BCUT2D eigenvalue weighted by atomic mass is 10.0. The summed E-state index contributed by atoms with van der Waals surface area (Å²) in [6.07, 6.45) is 3.65. The molecule has 0 radical (unpaired) electrons. The van der Waals surface area contributed by atoms with Gasteiger partial charge in [0.1, 0.15) is 11.5 Å². The molecule has 6 heteroatoms. The standard InChI is InChI=1S/C25H27N3O2S/c1-26-12-9-20(10-13-26)27(18-21-8-5-14-30-21)25(29)23-16-24-22(11-15-31-24)28(23)17-19-6-3-2-4-7-19/h2-8,11,14-16,20H,9-10,12-13,17-18H2,1H3. The molecule has 0 aliphatic carbocycles. The van der Waals surface area contributed by atoms with Gasteiger partial charge in [-0.1, -0.05) is 30.3 Å². The predicted molar refractivity (Wildman–Crippen MR) is 124 cm³/mol. The highest BCUT2D eigenvalue weighted by Crippen LogP contribution is 2.29. The summed E-state index contributed by atoms with van der Waals surface area (Å²) < 4.78 is 8.95.